The lowest BCUT2D eigenvalue weighted by Crippen LogP contribution is -2.31. The highest BCUT2D eigenvalue weighted by Gasteiger charge is 2.23. The van der Waals surface area contributed by atoms with Crippen molar-refractivity contribution in [1.82, 2.24) is 4.98 Å². The van der Waals surface area contributed by atoms with Gasteiger partial charge in [0.05, 0.1) is 27.8 Å². The van der Waals surface area contributed by atoms with Crippen molar-refractivity contribution in [3.63, 3.8) is 0 Å². The minimum Gasteiger partial charge on any atom is -0.283 e. The zero-order valence-electron chi connectivity index (χ0n) is 18.5. The highest BCUT2D eigenvalue weighted by atomic mass is 32.2. The number of amides is 1. The predicted octanol–water partition coefficient (Wildman–Crippen LogP) is 5.53. The number of aromatic nitrogens is 1. The van der Waals surface area contributed by atoms with Gasteiger partial charge < -0.3 is 0 Å². The van der Waals surface area contributed by atoms with Crippen LogP contribution in [0.5, 0.6) is 0 Å². The fourth-order valence-electron chi connectivity index (χ4n) is 3.43. The van der Waals surface area contributed by atoms with E-state index in [0.29, 0.717) is 10.3 Å². The Hall–Kier alpha value is -3.17. The van der Waals surface area contributed by atoms with Gasteiger partial charge in [0.25, 0.3) is 0 Å². The van der Waals surface area contributed by atoms with E-state index in [1.807, 2.05) is 30.3 Å². The summed E-state index contributed by atoms with van der Waals surface area (Å²) in [6, 6.07) is 17.4. The van der Waals surface area contributed by atoms with Crippen LogP contribution < -0.4 is 4.90 Å². The van der Waals surface area contributed by atoms with E-state index < -0.39 is 26.7 Å². The van der Waals surface area contributed by atoms with E-state index in [2.05, 4.69) is 4.98 Å². The van der Waals surface area contributed by atoms with Crippen LogP contribution in [0.2, 0.25) is 0 Å². The molecular formula is C25H22F2N2O3S2. The average molecular weight is 501 g/mol. The number of nitrogens with zero attached hydrogens (tertiary/aromatic N) is 2. The molecule has 0 spiro atoms. The summed E-state index contributed by atoms with van der Waals surface area (Å²) in [5.74, 6) is -1.80. The Kier molecular flexibility index (Phi) is 6.77. The first kappa shape index (κ1) is 24.0. The van der Waals surface area contributed by atoms with Gasteiger partial charge >= 0.3 is 0 Å². The average Bonchev–Trinajstić information content (AvgIpc) is 3.22. The summed E-state index contributed by atoms with van der Waals surface area (Å²) in [7, 11) is -3.41. The maximum atomic E-state index is 14.2. The van der Waals surface area contributed by atoms with Gasteiger partial charge in [0.1, 0.15) is 11.3 Å². The fraction of sp³-hybridized carbons (Fsp3) is 0.200. The maximum absolute atomic E-state index is 14.2. The normalized spacial score (nSPS) is 11.8. The molecule has 3 aromatic carbocycles. The number of thiazole rings is 1. The van der Waals surface area contributed by atoms with Crippen molar-refractivity contribution >= 4 is 42.4 Å². The quantitative estimate of drug-likeness (QED) is 0.335. The number of sulfone groups is 1. The van der Waals surface area contributed by atoms with Crippen molar-refractivity contribution in [2.75, 3.05) is 4.90 Å². The molecule has 1 heterocycles. The van der Waals surface area contributed by atoms with E-state index in [4.69, 9.17) is 0 Å². The van der Waals surface area contributed by atoms with Gasteiger partial charge in [-0.25, -0.2) is 22.2 Å². The third-order valence-electron chi connectivity index (χ3n) is 5.35. The van der Waals surface area contributed by atoms with Crippen LogP contribution in [-0.2, 0) is 27.6 Å². The van der Waals surface area contributed by atoms with Crippen LogP contribution in [0.1, 0.15) is 25.0 Å². The topological polar surface area (TPSA) is 67.3 Å². The van der Waals surface area contributed by atoms with Crippen LogP contribution in [0, 0.1) is 11.6 Å². The van der Waals surface area contributed by atoms with Crippen molar-refractivity contribution in [1.29, 1.82) is 0 Å². The van der Waals surface area contributed by atoms with Crippen LogP contribution >= 0.6 is 11.3 Å². The molecule has 0 saturated heterocycles. The van der Waals surface area contributed by atoms with Gasteiger partial charge in [0, 0.05) is 6.07 Å². The number of benzene rings is 3. The van der Waals surface area contributed by atoms with Gasteiger partial charge in [-0.2, -0.15) is 0 Å². The summed E-state index contributed by atoms with van der Waals surface area (Å²) >= 11 is 1.04. The van der Waals surface area contributed by atoms with Crippen molar-refractivity contribution in [3.8, 4) is 0 Å². The number of hydrogen-bond acceptors (Lipinski definition) is 5. The van der Waals surface area contributed by atoms with E-state index in [0.717, 1.165) is 23.0 Å². The molecule has 0 aliphatic carbocycles. The van der Waals surface area contributed by atoms with E-state index >= 15 is 0 Å². The number of fused-ring (bicyclic) bond motifs is 1. The van der Waals surface area contributed by atoms with Gasteiger partial charge in [0.15, 0.2) is 20.8 Å². The molecule has 0 unspecified atom stereocenters. The van der Waals surface area contributed by atoms with Gasteiger partial charge in [-0.1, -0.05) is 53.8 Å². The number of carbonyl (C=O) groups excluding carboxylic acids is 1. The molecule has 1 amide bonds. The second-order valence-corrected chi connectivity index (χ2v) is 11.6. The zero-order chi connectivity index (χ0) is 24.5. The van der Waals surface area contributed by atoms with E-state index in [1.165, 1.54) is 23.1 Å². The monoisotopic (exact) mass is 500 g/mol. The molecule has 0 radical (unpaired) electrons. The molecule has 0 atom stereocenters. The third-order valence-corrected chi connectivity index (χ3v) is 8.54. The van der Waals surface area contributed by atoms with Gasteiger partial charge in [0.2, 0.25) is 5.91 Å². The molecule has 4 aromatic rings. The van der Waals surface area contributed by atoms with Crippen LogP contribution in [-0.4, -0.2) is 24.6 Å². The standard InChI is InChI=1S/C25H22F2N2O3S2/c1-16(2)34(31,32)20-10-8-17(9-11-20)12-23(30)29(15-18-6-4-3-5-7-18)25-28-24-21(27)13-19(26)14-22(24)33-25/h3-11,13-14,16H,12,15H2,1-2H3. The first-order valence-corrected chi connectivity index (χ1v) is 12.9. The molecule has 0 saturated carbocycles. The summed E-state index contributed by atoms with van der Waals surface area (Å²) in [6.07, 6.45) is -0.0123. The first-order chi connectivity index (χ1) is 16.1. The van der Waals surface area contributed by atoms with Crippen molar-refractivity contribution in [2.45, 2.75) is 37.0 Å². The lowest BCUT2D eigenvalue weighted by Gasteiger charge is -2.20. The van der Waals surface area contributed by atoms with E-state index in [1.54, 1.807) is 26.0 Å². The summed E-state index contributed by atoms with van der Waals surface area (Å²) in [4.78, 5) is 19.3. The number of anilines is 1. The van der Waals surface area contributed by atoms with Gasteiger partial charge in [-0.15, -0.1) is 0 Å². The molecule has 0 fully saturated rings. The van der Waals surface area contributed by atoms with Crippen LogP contribution in [0.15, 0.2) is 71.6 Å². The third kappa shape index (κ3) is 5.00. The maximum Gasteiger partial charge on any atom is 0.233 e. The highest BCUT2D eigenvalue weighted by molar-refractivity contribution is 7.92. The smallest absolute Gasteiger partial charge is 0.233 e. The summed E-state index contributed by atoms with van der Waals surface area (Å²) in [6.45, 7) is 3.42. The lowest BCUT2D eigenvalue weighted by atomic mass is 10.1. The summed E-state index contributed by atoms with van der Waals surface area (Å²) < 4.78 is 52.9. The fourth-order valence-corrected chi connectivity index (χ4v) is 5.51. The number of rotatable bonds is 7. The van der Waals surface area contributed by atoms with Gasteiger partial charge in [-0.05, 0) is 43.2 Å². The second-order valence-electron chi connectivity index (χ2n) is 8.11. The van der Waals surface area contributed by atoms with Crippen LogP contribution in [0.3, 0.4) is 0 Å². The summed E-state index contributed by atoms with van der Waals surface area (Å²) in [5, 5.41) is -0.294. The first-order valence-electron chi connectivity index (χ1n) is 10.6. The minimum absolute atomic E-state index is 0.00973. The molecule has 0 N–H and O–H groups in total. The molecule has 34 heavy (non-hydrogen) atoms. The Morgan fingerprint density at radius 1 is 1.00 bits per heavy atom. The summed E-state index contributed by atoms with van der Waals surface area (Å²) in [5.41, 5.74) is 1.49. The Morgan fingerprint density at radius 3 is 2.32 bits per heavy atom. The molecule has 4 rings (SSSR count). The Morgan fingerprint density at radius 2 is 1.68 bits per heavy atom. The molecule has 176 valence electrons. The molecule has 0 aliphatic rings. The Bertz CT molecular complexity index is 1430. The molecule has 5 nitrogen and oxygen atoms in total. The molecule has 9 heteroatoms. The van der Waals surface area contributed by atoms with Crippen LogP contribution in [0.4, 0.5) is 13.9 Å². The highest BCUT2D eigenvalue weighted by Crippen LogP contribution is 2.32. The minimum atomic E-state index is -3.41. The Labute approximate surface area is 200 Å². The predicted molar refractivity (Wildman–Crippen MR) is 130 cm³/mol. The van der Waals surface area contributed by atoms with Crippen LogP contribution in [0.25, 0.3) is 10.2 Å². The molecule has 0 bridgehead atoms. The SMILES string of the molecule is CC(C)S(=O)(=O)c1ccc(CC(=O)N(Cc2ccccc2)c2nc3c(F)cc(F)cc3s2)cc1. The van der Waals surface area contributed by atoms with Crippen molar-refractivity contribution < 1.29 is 22.0 Å². The number of carbonyl (C=O) groups is 1. The molecular weight excluding hydrogens is 478 g/mol. The van der Waals surface area contributed by atoms with Gasteiger partial charge in [-0.3, -0.25) is 9.69 Å². The number of hydrogen-bond donors (Lipinski definition) is 0. The molecule has 1 aromatic heterocycles. The zero-order valence-corrected chi connectivity index (χ0v) is 20.2. The number of halogens is 2. The Balaban J connectivity index is 1.65. The van der Waals surface area contributed by atoms with Crippen molar-refractivity contribution in [3.05, 3.63) is 89.5 Å². The van der Waals surface area contributed by atoms with Crippen molar-refractivity contribution in [2.24, 2.45) is 0 Å². The lowest BCUT2D eigenvalue weighted by molar-refractivity contribution is -0.118. The second kappa shape index (κ2) is 9.60. The largest absolute Gasteiger partial charge is 0.283 e. The van der Waals surface area contributed by atoms with E-state index in [-0.39, 0.29) is 34.4 Å². The van der Waals surface area contributed by atoms with E-state index in [9.17, 15) is 22.0 Å². The molecule has 0 aliphatic heterocycles.